The number of rotatable bonds is 2. The van der Waals surface area contributed by atoms with E-state index in [4.69, 9.17) is 21.9 Å². The second-order valence-corrected chi connectivity index (χ2v) is 4.35. The van der Waals surface area contributed by atoms with Crippen molar-refractivity contribution in [2.24, 2.45) is 0 Å². The van der Waals surface area contributed by atoms with Crippen LogP contribution >= 0.6 is 11.6 Å². The quantitative estimate of drug-likeness (QED) is 0.776. The van der Waals surface area contributed by atoms with Crippen LogP contribution in [0.3, 0.4) is 0 Å². The molecule has 0 fully saturated rings. The molecule has 0 saturated carbocycles. The highest BCUT2D eigenvalue weighted by molar-refractivity contribution is 6.30. The van der Waals surface area contributed by atoms with Gasteiger partial charge in [-0.25, -0.2) is 0 Å². The number of nitrogens with zero attached hydrogens (tertiary/aromatic N) is 3. The maximum absolute atomic E-state index is 6.00. The highest BCUT2D eigenvalue weighted by Gasteiger charge is 2.17. The number of aromatic nitrogens is 3. The van der Waals surface area contributed by atoms with Gasteiger partial charge in [0.2, 0.25) is 5.88 Å². The molecule has 5 nitrogen and oxygen atoms in total. The number of nitrogen functional groups attached to an aromatic ring is 1. The van der Waals surface area contributed by atoms with Gasteiger partial charge in [-0.15, -0.1) is 0 Å². The van der Waals surface area contributed by atoms with Gasteiger partial charge in [-0.1, -0.05) is 28.9 Å². The predicted molar refractivity (Wildman–Crippen MR) is 72.4 cm³/mol. The third-order valence-electron chi connectivity index (χ3n) is 2.69. The number of halogens is 1. The number of benzene rings is 1. The first-order valence-electron chi connectivity index (χ1n) is 5.54. The van der Waals surface area contributed by atoms with Crippen LogP contribution in [0.1, 0.15) is 0 Å². The number of nitrogens with two attached hydrogens (primary N) is 1. The molecular formula is C13H9ClN4O. The Morgan fingerprint density at radius 3 is 2.74 bits per heavy atom. The average molecular weight is 273 g/mol. The number of hydrogen-bond acceptors (Lipinski definition) is 5. The summed E-state index contributed by atoms with van der Waals surface area (Å²) < 4.78 is 5.08. The Hall–Kier alpha value is -2.40. The number of anilines is 1. The lowest BCUT2D eigenvalue weighted by molar-refractivity contribution is 0.439. The SMILES string of the molecule is Nc1onc(-c2ccnnc2)c1-c1cccc(Cl)c1. The first kappa shape index (κ1) is 11.7. The van der Waals surface area contributed by atoms with Gasteiger partial charge in [0, 0.05) is 10.6 Å². The maximum atomic E-state index is 6.00. The van der Waals surface area contributed by atoms with Crippen LogP contribution in [0.4, 0.5) is 5.88 Å². The van der Waals surface area contributed by atoms with Crippen LogP contribution < -0.4 is 5.73 Å². The van der Waals surface area contributed by atoms with Gasteiger partial charge in [-0.05, 0) is 23.8 Å². The second kappa shape index (κ2) is 4.70. The lowest BCUT2D eigenvalue weighted by atomic mass is 10.0. The van der Waals surface area contributed by atoms with Gasteiger partial charge in [0.05, 0.1) is 18.0 Å². The molecule has 0 unspecified atom stereocenters. The molecule has 6 heteroatoms. The molecular weight excluding hydrogens is 264 g/mol. The van der Waals surface area contributed by atoms with Crippen molar-refractivity contribution in [3.8, 4) is 22.4 Å². The molecule has 0 aliphatic carbocycles. The van der Waals surface area contributed by atoms with E-state index in [1.807, 2.05) is 18.2 Å². The summed E-state index contributed by atoms with van der Waals surface area (Å²) in [5, 5.41) is 12.2. The first-order chi connectivity index (χ1) is 9.25. The topological polar surface area (TPSA) is 77.8 Å². The minimum Gasteiger partial charge on any atom is -0.367 e. The van der Waals surface area contributed by atoms with E-state index >= 15 is 0 Å². The molecule has 94 valence electrons. The zero-order valence-corrected chi connectivity index (χ0v) is 10.5. The molecule has 0 bridgehead atoms. The Kier molecular flexibility index (Phi) is 2.89. The summed E-state index contributed by atoms with van der Waals surface area (Å²) in [6.07, 6.45) is 3.19. The van der Waals surface area contributed by atoms with Crippen molar-refractivity contribution in [3.63, 3.8) is 0 Å². The summed E-state index contributed by atoms with van der Waals surface area (Å²) in [6.45, 7) is 0. The lowest BCUT2D eigenvalue weighted by Crippen LogP contribution is -1.89. The summed E-state index contributed by atoms with van der Waals surface area (Å²) in [6, 6.07) is 9.13. The van der Waals surface area contributed by atoms with E-state index in [0.29, 0.717) is 16.3 Å². The predicted octanol–water partition coefficient (Wildman–Crippen LogP) is 3.03. The van der Waals surface area contributed by atoms with Gasteiger partial charge in [0.1, 0.15) is 5.69 Å². The van der Waals surface area contributed by atoms with Crippen molar-refractivity contribution in [2.75, 3.05) is 5.73 Å². The molecule has 0 radical (unpaired) electrons. The van der Waals surface area contributed by atoms with Gasteiger partial charge >= 0.3 is 0 Å². The van der Waals surface area contributed by atoms with Crippen molar-refractivity contribution in [3.05, 3.63) is 47.7 Å². The molecule has 3 aromatic rings. The summed E-state index contributed by atoms with van der Waals surface area (Å²) >= 11 is 6.00. The summed E-state index contributed by atoms with van der Waals surface area (Å²) in [5.41, 5.74) is 8.80. The van der Waals surface area contributed by atoms with E-state index in [-0.39, 0.29) is 5.88 Å². The Morgan fingerprint density at radius 2 is 2.00 bits per heavy atom. The first-order valence-corrected chi connectivity index (χ1v) is 5.91. The lowest BCUT2D eigenvalue weighted by Gasteiger charge is -2.02. The fraction of sp³-hybridized carbons (Fsp3) is 0. The molecule has 0 spiro atoms. The van der Waals surface area contributed by atoms with Crippen molar-refractivity contribution < 1.29 is 4.52 Å². The van der Waals surface area contributed by atoms with E-state index in [2.05, 4.69) is 15.4 Å². The largest absolute Gasteiger partial charge is 0.367 e. The molecule has 1 aromatic carbocycles. The smallest absolute Gasteiger partial charge is 0.230 e. The van der Waals surface area contributed by atoms with Crippen LogP contribution in [0, 0.1) is 0 Å². The molecule has 0 aliphatic heterocycles. The molecule has 19 heavy (non-hydrogen) atoms. The minimum absolute atomic E-state index is 0.245. The second-order valence-electron chi connectivity index (χ2n) is 3.91. The molecule has 2 aromatic heterocycles. The molecule has 0 aliphatic rings. The molecule has 0 amide bonds. The van der Waals surface area contributed by atoms with Crippen molar-refractivity contribution in [1.82, 2.24) is 15.4 Å². The van der Waals surface area contributed by atoms with Crippen LogP contribution in [0.25, 0.3) is 22.4 Å². The Bertz CT molecular complexity index is 712. The van der Waals surface area contributed by atoms with E-state index in [1.54, 1.807) is 24.5 Å². The van der Waals surface area contributed by atoms with Gasteiger partial charge in [-0.2, -0.15) is 10.2 Å². The Labute approximate surface area is 114 Å². The monoisotopic (exact) mass is 272 g/mol. The van der Waals surface area contributed by atoms with E-state index in [0.717, 1.165) is 11.1 Å². The fourth-order valence-corrected chi connectivity index (χ4v) is 2.04. The zero-order chi connectivity index (χ0) is 13.2. The van der Waals surface area contributed by atoms with Gasteiger partial charge in [-0.3, -0.25) is 0 Å². The van der Waals surface area contributed by atoms with Crippen LogP contribution in [0.5, 0.6) is 0 Å². The van der Waals surface area contributed by atoms with Crippen LogP contribution in [0.2, 0.25) is 5.02 Å². The molecule has 0 saturated heterocycles. The van der Waals surface area contributed by atoms with Gasteiger partial charge in [0.15, 0.2) is 0 Å². The normalized spacial score (nSPS) is 10.6. The van der Waals surface area contributed by atoms with Crippen LogP contribution in [-0.2, 0) is 0 Å². The van der Waals surface area contributed by atoms with Crippen LogP contribution in [0.15, 0.2) is 47.2 Å². The third kappa shape index (κ3) is 2.15. The number of hydrogen-bond donors (Lipinski definition) is 1. The molecule has 2 heterocycles. The molecule has 2 N–H and O–H groups in total. The standard InChI is InChI=1S/C13H9ClN4O/c14-10-3-1-2-8(6-10)11-12(18-19-13(11)15)9-4-5-16-17-7-9/h1-7H,15H2. The fourth-order valence-electron chi connectivity index (χ4n) is 1.85. The van der Waals surface area contributed by atoms with Crippen molar-refractivity contribution in [1.29, 1.82) is 0 Å². The summed E-state index contributed by atoms with van der Waals surface area (Å²) in [4.78, 5) is 0. The minimum atomic E-state index is 0.245. The zero-order valence-electron chi connectivity index (χ0n) is 9.75. The molecule has 0 atom stereocenters. The van der Waals surface area contributed by atoms with E-state index in [9.17, 15) is 0 Å². The highest BCUT2D eigenvalue weighted by Crippen LogP contribution is 2.36. The van der Waals surface area contributed by atoms with Crippen molar-refractivity contribution in [2.45, 2.75) is 0 Å². The molecule has 3 rings (SSSR count). The van der Waals surface area contributed by atoms with Crippen LogP contribution in [-0.4, -0.2) is 15.4 Å². The van der Waals surface area contributed by atoms with Gasteiger partial charge in [0.25, 0.3) is 0 Å². The maximum Gasteiger partial charge on any atom is 0.230 e. The van der Waals surface area contributed by atoms with Crippen molar-refractivity contribution >= 4 is 17.5 Å². The third-order valence-corrected chi connectivity index (χ3v) is 2.92. The highest BCUT2D eigenvalue weighted by atomic mass is 35.5. The summed E-state index contributed by atoms with van der Waals surface area (Å²) in [7, 11) is 0. The van der Waals surface area contributed by atoms with E-state index in [1.165, 1.54) is 0 Å². The Morgan fingerprint density at radius 1 is 1.11 bits per heavy atom. The van der Waals surface area contributed by atoms with E-state index < -0.39 is 0 Å². The Balaban J connectivity index is 2.20. The summed E-state index contributed by atoms with van der Waals surface area (Å²) in [5.74, 6) is 0.245. The van der Waals surface area contributed by atoms with Gasteiger partial charge < -0.3 is 10.3 Å². The average Bonchev–Trinajstić information content (AvgIpc) is 2.82.